The smallest absolute Gasteiger partial charge is 0.247 e. The highest BCUT2D eigenvalue weighted by atomic mass is 35.5. The number of nitrogen functional groups attached to an aromatic ring is 1. The van der Waals surface area contributed by atoms with E-state index in [1.54, 1.807) is 18.3 Å². The Bertz CT molecular complexity index is 528. The zero-order valence-corrected chi connectivity index (χ0v) is 8.58. The standard InChI is InChI=1S/C11H9ClN2O/c12-11-8(2-1-3-9(11)13)7-4-5-10(15)14-6-7/h1-6H,13H2,(H,14,15). The summed E-state index contributed by atoms with van der Waals surface area (Å²) >= 11 is 6.05. The van der Waals surface area contributed by atoms with E-state index in [9.17, 15) is 4.79 Å². The summed E-state index contributed by atoms with van der Waals surface area (Å²) in [5.74, 6) is 0. The van der Waals surface area contributed by atoms with Gasteiger partial charge < -0.3 is 10.7 Å². The second kappa shape index (κ2) is 3.79. The lowest BCUT2D eigenvalue weighted by molar-refractivity contribution is 1.24. The van der Waals surface area contributed by atoms with Crippen LogP contribution >= 0.6 is 11.6 Å². The van der Waals surface area contributed by atoms with E-state index in [2.05, 4.69) is 4.98 Å². The van der Waals surface area contributed by atoms with Crippen LogP contribution in [-0.2, 0) is 0 Å². The number of aromatic amines is 1. The summed E-state index contributed by atoms with van der Waals surface area (Å²) in [4.78, 5) is 13.5. The van der Waals surface area contributed by atoms with E-state index in [0.717, 1.165) is 11.1 Å². The van der Waals surface area contributed by atoms with Crippen LogP contribution in [0.1, 0.15) is 0 Å². The van der Waals surface area contributed by atoms with Gasteiger partial charge in [0, 0.05) is 17.8 Å². The predicted octanol–water partition coefficient (Wildman–Crippen LogP) is 2.28. The molecule has 0 saturated heterocycles. The van der Waals surface area contributed by atoms with Crippen LogP contribution in [0.25, 0.3) is 11.1 Å². The monoisotopic (exact) mass is 220 g/mol. The molecular weight excluding hydrogens is 212 g/mol. The second-order valence-corrected chi connectivity index (χ2v) is 3.53. The normalized spacial score (nSPS) is 10.2. The van der Waals surface area contributed by atoms with E-state index in [4.69, 9.17) is 17.3 Å². The van der Waals surface area contributed by atoms with Crippen molar-refractivity contribution in [3.63, 3.8) is 0 Å². The van der Waals surface area contributed by atoms with Gasteiger partial charge in [-0.05, 0) is 17.7 Å². The van der Waals surface area contributed by atoms with Crippen molar-refractivity contribution in [2.75, 3.05) is 5.73 Å². The van der Waals surface area contributed by atoms with Crippen LogP contribution < -0.4 is 11.3 Å². The molecule has 76 valence electrons. The predicted molar refractivity (Wildman–Crippen MR) is 61.9 cm³/mol. The molecule has 2 rings (SSSR count). The Morgan fingerprint density at radius 1 is 1.20 bits per heavy atom. The maximum atomic E-state index is 10.9. The topological polar surface area (TPSA) is 58.9 Å². The Hall–Kier alpha value is -1.74. The summed E-state index contributed by atoms with van der Waals surface area (Å²) in [6, 6.07) is 8.57. The molecule has 0 aliphatic carbocycles. The van der Waals surface area contributed by atoms with E-state index >= 15 is 0 Å². The van der Waals surface area contributed by atoms with Gasteiger partial charge in [0.15, 0.2) is 0 Å². The summed E-state index contributed by atoms with van der Waals surface area (Å²) in [7, 11) is 0. The molecule has 0 radical (unpaired) electrons. The largest absolute Gasteiger partial charge is 0.398 e. The quantitative estimate of drug-likeness (QED) is 0.725. The molecule has 0 amide bonds. The Morgan fingerprint density at radius 3 is 2.67 bits per heavy atom. The van der Waals surface area contributed by atoms with E-state index in [1.807, 2.05) is 12.1 Å². The maximum Gasteiger partial charge on any atom is 0.247 e. The molecule has 0 saturated carbocycles. The molecule has 3 N–H and O–H groups in total. The molecule has 0 aliphatic rings. The maximum absolute atomic E-state index is 10.9. The van der Waals surface area contributed by atoms with Crippen LogP contribution in [0.3, 0.4) is 0 Å². The van der Waals surface area contributed by atoms with Gasteiger partial charge in [0.25, 0.3) is 0 Å². The zero-order valence-electron chi connectivity index (χ0n) is 7.83. The number of aromatic nitrogens is 1. The molecule has 0 fully saturated rings. The first-order valence-electron chi connectivity index (χ1n) is 4.41. The van der Waals surface area contributed by atoms with Crippen molar-refractivity contribution >= 4 is 17.3 Å². The Kier molecular flexibility index (Phi) is 2.47. The van der Waals surface area contributed by atoms with Crippen molar-refractivity contribution in [1.29, 1.82) is 0 Å². The molecule has 1 aromatic heterocycles. The van der Waals surface area contributed by atoms with Crippen LogP contribution in [0.5, 0.6) is 0 Å². The first kappa shape index (κ1) is 9.80. The third-order valence-corrected chi connectivity index (χ3v) is 2.55. The number of rotatable bonds is 1. The van der Waals surface area contributed by atoms with E-state index in [1.165, 1.54) is 6.07 Å². The SMILES string of the molecule is Nc1cccc(-c2ccc(=O)[nH]c2)c1Cl. The Labute approximate surface area is 91.5 Å². The third-order valence-electron chi connectivity index (χ3n) is 2.12. The fraction of sp³-hybridized carbons (Fsp3) is 0. The molecule has 0 atom stereocenters. The fourth-order valence-corrected chi connectivity index (χ4v) is 1.59. The summed E-state index contributed by atoms with van der Waals surface area (Å²) in [5.41, 5.74) is 7.72. The van der Waals surface area contributed by atoms with Gasteiger partial charge >= 0.3 is 0 Å². The van der Waals surface area contributed by atoms with Crippen molar-refractivity contribution in [3.05, 3.63) is 51.9 Å². The lowest BCUT2D eigenvalue weighted by Crippen LogP contribution is -2.01. The molecule has 4 heteroatoms. The molecular formula is C11H9ClN2O. The van der Waals surface area contributed by atoms with Crippen molar-refractivity contribution in [1.82, 2.24) is 4.98 Å². The van der Waals surface area contributed by atoms with Gasteiger partial charge in [0.2, 0.25) is 5.56 Å². The molecule has 3 nitrogen and oxygen atoms in total. The van der Waals surface area contributed by atoms with Gasteiger partial charge in [-0.3, -0.25) is 4.79 Å². The lowest BCUT2D eigenvalue weighted by Gasteiger charge is -2.05. The number of halogens is 1. The lowest BCUT2D eigenvalue weighted by atomic mass is 10.1. The van der Waals surface area contributed by atoms with Crippen molar-refractivity contribution in [2.24, 2.45) is 0 Å². The number of hydrogen-bond acceptors (Lipinski definition) is 2. The van der Waals surface area contributed by atoms with Crippen LogP contribution in [0.2, 0.25) is 5.02 Å². The zero-order chi connectivity index (χ0) is 10.8. The second-order valence-electron chi connectivity index (χ2n) is 3.15. The van der Waals surface area contributed by atoms with E-state index in [0.29, 0.717) is 10.7 Å². The van der Waals surface area contributed by atoms with Crippen LogP contribution in [0, 0.1) is 0 Å². The first-order chi connectivity index (χ1) is 7.18. The average molecular weight is 221 g/mol. The van der Waals surface area contributed by atoms with Gasteiger partial charge in [-0.2, -0.15) is 0 Å². The number of nitrogens with one attached hydrogen (secondary N) is 1. The van der Waals surface area contributed by atoms with Gasteiger partial charge in [0.05, 0.1) is 10.7 Å². The van der Waals surface area contributed by atoms with E-state index < -0.39 is 0 Å². The summed E-state index contributed by atoms with van der Waals surface area (Å²) in [5, 5.41) is 0.504. The molecule has 0 unspecified atom stereocenters. The number of H-pyrrole nitrogens is 1. The van der Waals surface area contributed by atoms with Gasteiger partial charge in [-0.15, -0.1) is 0 Å². The van der Waals surface area contributed by atoms with Gasteiger partial charge in [0.1, 0.15) is 0 Å². The minimum absolute atomic E-state index is 0.140. The van der Waals surface area contributed by atoms with Gasteiger partial charge in [-0.1, -0.05) is 23.7 Å². The van der Waals surface area contributed by atoms with Crippen LogP contribution in [-0.4, -0.2) is 4.98 Å². The average Bonchev–Trinajstić information content (AvgIpc) is 2.24. The molecule has 2 aromatic rings. The molecule has 15 heavy (non-hydrogen) atoms. The Balaban J connectivity index is 2.59. The molecule has 1 heterocycles. The van der Waals surface area contributed by atoms with Crippen molar-refractivity contribution in [3.8, 4) is 11.1 Å². The third kappa shape index (κ3) is 1.87. The number of pyridine rings is 1. The molecule has 0 aliphatic heterocycles. The first-order valence-corrected chi connectivity index (χ1v) is 4.79. The summed E-state index contributed by atoms with van der Waals surface area (Å²) in [6.07, 6.45) is 1.61. The van der Waals surface area contributed by atoms with Gasteiger partial charge in [-0.25, -0.2) is 0 Å². The van der Waals surface area contributed by atoms with Crippen molar-refractivity contribution in [2.45, 2.75) is 0 Å². The number of hydrogen-bond donors (Lipinski definition) is 2. The molecule has 0 spiro atoms. The number of anilines is 1. The molecule has 0 bridgehead atoms. The van der Waals surface area contributed by atoms with Crippen molar-refractivity contribution < 1.29 is 0 Å². The summed E-state index contributed by atoms with van der Waals surface area (Å²) in [6.45, 7) is 0. The van der Waals surface area contributed by atoms with Crippen LogP contribution in [0.4, 0.5) is 5.69 Å². The highest BCUT2D eigenvalue weighted by Crippen LogP contribution is 2.31. The minimum Gasteiger partial charge on any atom is -0.398 e. The van der Waals surface area contributed by atoms with Crippen LogP contribution in [0.15, 0.2) is 41.3 Å². The number of nitrogens with two attached hydrogens (primary N) is 1. The highest BCUT2D eigenvalue weighted by Gasteiger charge is 2.05. The van der Waals surface area contributed by atoms with E-state index in [-0.39, 0.29) is 5.56 Å². The number of benzene rings is 1. The molecule has 1 aromatic carbocycles. The summed E-state index contributed by atoms with van der Waals surface area (Å²) < 4.78 is 0. The minimum atomic E-state index is -0.140. The fourth-order valence-electron chi connectivity index (χ4n) is 1.35. The highest BCUT2D eigenvalue weighted by molar-refractivity contribution is 6.35. The Morgan fingerprint density at radius 2 is 2.00 bits per heavy atom.